The van der Waals surface area contributed by atoms with Gasteiger partial charge in [-0.2, -0.15) is 0 Å². The predicted molar refractivity (Wildman–Crippen MR) is 61.3 cm³/mol. The first-order valence-corrected chi connectivity index (χ1v) is 5.41. The topological polar surface area (TPSA) is 113 Å². The Balaban J connectivity index is 4.49. The Kier molecular flexibility index (Phi) is 6.69. The molecule has 0 aromatic rings. The van der Waals surface area contributed by atoms with Gasteiger partial charge in [0, 0.05) is 7.05 Å². The van der Waals surface area contributed by atoms with E-state index in [-0.39, 0.29) is 0 Å². The molecule has 4 N–H and O–H groups in total. The summed E-state index contributed by atoms with van der Waals surface area (Å²) in [6.07, 6.45) is 2.06. The van der Waals surface area contributed by atoms with Crippen LogP contribution in [0, 0.1) is 0 Å². The average Bonchev–Trinajstić information content (AvgIpc) is 2.21. The van der Waals surface area contributed by atoms with Crippen LogP contribution in [0.2, 0.25) is 0 Å². The number of carbonyl (C=O) groups excluding carboxylic acids is 2. The fourth-order valence-electron chi connectivity index (χ4n) is 1.38. The Labute approximate surface area is 100.0 Å². The summed E-state index contributed by atoms with van der Waals surface area (Å²) in [5, 5.41) is 10.9. The van der Waals surface area contributed by atoms with Gasteiger partial charge in [-0.15, -0.1) is 0 Å². The lowest BCUT2D eigenvalue weighted by Crippen LogP contribution is -2.50. The van der Waals surface area contributed by atoms with Gasteiger partial charge in [0.05, 0.1) is 0 Å². The lowest BCUT2D eigenvalue weighted by Gasteiger charge is -2.22. The number of carbonyl (C=O) groups is 3. The summed E-state index contributed by atoms with van der Waals surface area (Å²) in [5.41, 5.74) is 4.97. The second-order valence-electron chi connectivity index (χ2n) is 3.79. The first-order chi connectivity index (χ1) is 7.88. The summed E-state index contributed by atoms with van der Waals surface area (Å²) in [6.45, 7) is 1.55. The van der Waals surface area contributed by atoms with Crippen LogP contribution in [0.3, 0.4) is 0 Å². The lowest BCUT2D eigenvalue weighted by atomic mass is 10.1. The standard InChI is InChI=1S/C10H19N3O4/c1-3-4-5-7(12-10(11)17)9(16)13(2)6-8(14)15/h7H,3-6H2,1-2H3,(H,14,15)(H3,11,12,17). The molecule has 0 aromatic carbocycles. The molecule has 1 unspecified atom stereocenters. The Morgan fingerprint density at radius 1 is 1.41 bits per heavy atom. The van der Waals surface area contributed by atoms with E-state index in [4.69, 9.17) is 10.8 Å². The molecule has 0 spiro atoms. The van der Waals surface area contributed by atoms with Gasteiger partial charge in [-0.1, -0.05) is 19.8 Å². The van der Waals surface area contributed by atoms with Crippen molar-refractivity contribution >= 4 is 17.9 Å². The van der Waals surface area contributed by atoms with Gasteiger partial charge in [0.25, 0.3) is 0 Å². The number of nitrogens with zero attached hydrogens (tertiary/aromatic N) is 1. The van der Waals surface area contributed by atoms with Crippen molar-refractivity contribution in [3.63, 3.8) is 0 Å². The highest BCUT2D eigenvalue weighted by molar-refractivity contribution is 5.88. The van der Waals surface area contributed by atoms with Gasteiger partial charge in [-0.05, 0) is 6.42 Å². The fourth-order valence-corrected chi connectivity index (χ4v) is 1.38. The molecule has 0 aliphatic heterocycles. The Morgan fingerprint density at radius 3 is 2.41 bits per heavy atom. The van der Waals surface area contributed by atoms with Crippen LogP contribution < -0.4 is 11.1 Å². The van der Waals surface area contributed by atoms with Crippen molar-refractivity contribution in [3.8, 4) is 0 Å². The van der Waals surface area contributed by atoms with E-state index in [0.29, 0.717) is 6.42 Å². The number of amides is 3. The predicted octanol–water partition coefficient (Wildman–Crippen LogP) is -0.243. The summed E-state index contributed by atoms with van der Waals surface area (Å²) < 4.78 is 0. The molecule has 0 aromatic heterocycles. The molecular weight excluding hydrogens is 226 g/mol. The highest BCUT2D eigenvalue weighted by Crippen LogP contribution is 2.04. The molecule has 0 rings (SSSR count). The molecule has 0 heterocycles. The molecule has 0 fully saturated rings. The molecule has 0 saturated heterocycles. The number of likely N-dealkylation sites (N-methyl/N-ethyl adjacent to an activating group) is 1. The maximum atomic E-state index is 11.8. The number of carboxylic acids is 1. The van der Waals surface area contributed by atoms with Crippen LogP contribution in [-0.4, -0.2) is 47.5 Å². The van der Waals surface area contributed by atoms with E-state index >= 15 is 0 Å². The fraction of sp³-hybridized carbons (Fsp3) is 0.700. The van der Waals surface area contributed by atoms with Gasteiger partial charge < -0.3 is 21.1 Å². The maximum Gasteiger partial charge on any atom is 0.323 e. The summed E-state index contributed by atoms with van der Waals surface area (Å²) >= 11 is 0. The minimum absolute atomic E-state index is 0.401. The molecular formula is C10H19N3O4. The molecule has 0 radical (unpaired) electrons. The zero-order valence-electron chi connectivity index (χ0n) is 10.1. The van der Waals surface area contributed by atoms with E-state index in [9.17, 15) is 14.4 Å². The Morgan fingerprint density at radius 2 is 2.00 bits per heavy atom. The molecule has 1 atom stereocenters. The van der Waals surface area contributed by atoms with E-state index in [2.05, 4.69) is 5.32 Å². The van der Waals surface area contributed by atoms with Crippen LogP contribution in [-0.2, 0) is 9.59 Å². The molecule has 17 heavy (non-hydrogen) atoms. The van der Waals surface area contributed by atoms with Crippen molar-refractivity contribution in [3.05, 3.63) is 0 Å². The van der Waals surface area contributed by atoms with Crippen LogP contribution in [0.1, 0.15) is 26.2 Å². The first-order valence-electron chi connectivity index (χ1n) is 5.41. The quantitative estimate of drug-likeness (QED) is 0.574. The van der Waals surface area contributed by atoms with Crippen molar-refractivity contribution in [1.29, 1.82) is 0 Å². The molecule has 98 valence electrons. The molecule has 0 bridgehead atoms. The first kappa shape index (κ1) is 15.2. The number of rotatable bonds is 7. The van der Waals surface area contributed by atoms with Gasteiger partial charge in [0.1, 0.15) is 12.6 Å². The van der Waals surface area contributed by atoms with Gasteiger partial charge in [-0.3, -0.25) is 9.59 Å². The van der Waals surface area contributed by atoms with E-state index in [1.807, 2.05) is 6.92 Å². The zero-order valence-corrected chi connectivity index (χ0v) is 10.1. The van der Waals surface area contributed by atoms with Gasteiger partial charge in [0.2, 0.25) is 5.91 Å². The van der Waals surface area contributed by atoms with E-state index in [1.165, 1.54) is 7.05 Å². The number of carboxylic acid groups (broad SMARTS) is 1. The molecule has 3 amide bonds. The van der Waals surface area contributed by atoms with Gasteiger partial charge in [0.15, 0.2) is 0 Å². The number of hydrogen-bond acceptors (Lipinski definition) is 3. The zero-order chi connectivity index (χ0) is 13.4. The van der Waals surface area contributed by atoms with Crippen LogP contribution in [0.25, 0.3) is 0 Å². The Hall–Kier alpha value is -1.79. The molecule has 0 aliphatic rings. The summed E-state index contributed by atoms with van der Waals surface area (Å²) in [6, 6.07) is -1.54. The monoisotopic (exact) mass is 245 g/mol. The van der Waals surface area contributed by atoms with Crippen LogP contribution in [0.4, 0.5) is 4.79 Å². The van der Waals surface area contributed by atoms with Gasteiger partial charge in [-0.25, -0.2) is 4.79 Å². The molecule has 0 aliphatic carbocycles. The molecule has 7 heteroatoms. The van der Waals surface area contributed by atoms with Crippen molar-refractivity contribution in [2.45, 2.75) is 32.2 Å². The number of unbranched alkanes of at least 4 members (excludes halogenated alkanes) is 1. The number of nitrogens with one attached hydrogen (secondary N) is 1. The van der Waals surface area contributed by atoms with Gasteiger partial charge >= 0.3 is 12.0 Å². The molecule has 0 saturated carbocycles. The Bertz CT molecular complexity index is 293. The van der Waals surface area contributed by atoms with Crippen LogP contribution >= 0.6 is 0 Å². The average molecular weight is 245 g/mol. The van der Waals surface area contributed by atoms with Crippen LogP contribution in [0.15, 0.2) is 0 Å². The van der Waals surface area contributed by atoms with Crippen molar-refractivity contribution in [2.75, 3.05) is 13.6 Å². The number of urea groups is 1. The maximum absolute atomic E-state index is 11.8. The third-order valence-corrected chi connectivity index (χ3v) is 2.21. The smallest absolute Gasteiger partial charge is 0.323 e. The minimum Gasteiger partial charge on any atom is -0.480 e. The number of primary amides is 1. The van der Waals surface area contributed by atoms with Crippen molar-refractivity contribution < 1.29 is 19.5 Å². The van der Waals surface area contributed by atoms with E-state index in [1.54, 1.807) is 0 Å². The lowest BCUT2D eigenvalue weighted by molar-refractivity contribution is -0.144. The SMILES string of the molecule is CCCCC(NC(N)=O)C(=O)N(C)CC(=O)O. The highest BCUT2D eigenvalue weighted by atomic mass is 16.4. The second kappa shape index (κ2) is 7.48. The highest BCUT2D eigenvalue weighted by Gasteiger charge is 2.23. The van der Waals surface area contributed by atoms with E-state index < -0.39 is 30.5 Å². The minimum atomic E-state index is -1.10. The van der Waals surface area contributed by atoms with Crippen LogP contribution in [0.5, 0.6) is 0 Å². The van der Waals surface area contributed by atoms with E-state index in [0.717, 1.165) is 17.7 Å². The third-order valence-electron chi connectivity index (χ3n) is 2.21. The summed E-state index contributed by atoms with van der Waals surface area (Å²) in [4.78, 5) is 34.1. The number of aliphatic carboxylic acids is 1. The van der Waals surface area contributed by atoms with Crippen molar-refractivity contribution in [2.24, 2.45) is 5.73 Å². The van der Waals surface area contributed by atoms with Crippen molar-refractivity contribution in [1.82, 2.24) is 10.2 Å². The number of hydrogen-bond donors (Lipinski definition) is 3. The number of nitrogens with two attached hydrogens (primary N) is 1. The normalized spacial score (nSPS) is 11.6. The molecule has 7 nitrogen and oxygen atoms in total. The third kappa shape index (κ3) is 6.39. The second-order valence-corrected chi connectivity index (χ2v) is 3.79. The summed E-state index contributed by atoms with van der Waals surface area (Å²) in [5.74, 6) is -1.55. The largest absolute Gasteiger partial charge is 0.480 e. The summed E-state index contributed by atoms with van der Waals surface area (Å²) in [7, 11) is 1.37.